The third-order valence-corrected chi connectivity index (χ3v) is 3.76. The monoisotopic (exact) mass is 289 g/mol. The Kier molecular flexibility index (Phi) is 3.44. The second-order valence-corrected chi connectivity index (χ2v) is 7.01. The van der Waals surface area contributed by atoms with Gasteiger partial charge in [-0.05, 0) is 39.2 Å². The van der Waals surface area contributed by atoms with Crippen molar-refractivity contribution >= 4 is 6.09 Å². The van der Waals surface area contributed by atoms with Gasteiger partial charge in [0.1, 0.15) is 11.2 Å². The van der Waals surface area contributed by atoms with Crippen molar-refractivity contribution in [2.75, 3.05) is 13.1 Å². The number of ether oxygens (including phenoxy) is 2. The molecule has 0 N–H and O–H groups in total. The van der Waals surface area contributed by atoms with E-state index < -0.39 is 5.60 Å². The van der Waals surface area contributed by atoms with Crippen LogP contribution in [0.1, 0.15) is 39.2 Å². The van der Waals surface area contributed by atoms with Crippen LogP contribution in [0.5, 0.6) is 0 Å². The molecule has 21 heavy (non-hydrogen) atoms. The van der Waals surface area contributed by atoms with E-state index in [1.165, 1.54) is 0 Å². The van der Waals surface area contributed by atoms with Crippen LogP contribution in [-0.4, -0.2) is 35.8 Å². The highest BCUT2D eigenvalue weighted by Crippen LogP contribution is 2.41. The van der Waals surface area contributed by atoms with E-state index in [1.54, 1.807) is 4.90 Å². The average Bonchev–Trinajstić information content (AvgIpc) is 3.16. The van der Waals surface area contributed by atoms with Crippen LogP contribution in [0.25, 0.3) is 0 Å². The molecule has 1 aromatic rings. The zero-order valence-corrected chi connectivity index (χ0v) is 13.0. The molecule has 0 unspecified atom stereocenters. The fraction of sp³-hybridized carbons (Fsp3) is 0.588. The third-order valence-electron chi connectivity index (χ3n) is 3.76. The average molecular weight is 289 g/mol. The molecule has 1 aromatic carbocycles. The number of rotatable bonds is 3. The first kappa shape index (κ1) is 14.4. The summed E-state index contributed by atoms with van der Waals surface area (Å²) in [4.78, 5) is 13.8. The first-order valence-electron chi connectivity index (χ1n) is 7.59. The quantitative estimate of drug-likeness (QED) is 0.857. The number of benzene rings is 1. The van der Waals surface area contributed by atoms with E-state index in [0.29, 0.717) is 19.2 Å². The Balaban J connectivity index is 1.69. The number of carbonyl (C=O) groups is 1. The van der Waals surface area contributed by atoms with Crippen molar-refractivity contribution in [3.8, 4) is 0 Å². The minimum atomic E-state index is -0.459. The summed E-state index contributed by atoms with van der Waals surface area (Å²) in [6, 6.07) is 10.2. The standard InChI is InChI=1S/C17H23NO3/c1-16(2,3)21-15(19)18-11-17(12-18,20-14-9-10-14)13-7-5-4-6-8-13/h4-8,14H,9-12H2,1-3H3. The van der Waals surface area contributed by atoms with Crippen LogP contribution in [0.2, 0.25) is 0 Å². The SMILES string of the molecule is CC(C)(C)OC(=O)N1CC(OC2CC2)(c2ccccc2)C1. The van der Waals surface area contributed by atoms with Crippen LogP contribution in [0.15, 0.2) is 30.3 Å². The predicted octanol–water partition coefficient (Wildman–Crippen LogP) is 3.31. The van der Waals surface area contributed by atoms with E-state index in [1.807, 2.05) is 39.0 Å². The van der Waals surface area contributed by atoms with Crippen LogP contribution in [0.3, 0.4) is 0 Å². The lowest BCUT2D eigenvalue weighted by atomic mass is 9.86. The van der Waals surface area contributed by atoms with E-state index in [-0.39, 0.29) is 11.7 Å². The lowest BCUT2D eigenvalue weighted by Crippen LogP contribution is -2.63. The van der Waals surface area contributed by atoms with Gasteiger partial charge in [-0.1, -0.05) is 30.3 Å². The zero-order valence-electron chi connectivity index (χ0n) is 13.0. The second-order valence-electron chi connectivity index (χ2n) is 7.01. The van der Waals surface area contributed by atoms with Gasteiger partial charge in [-0.3, -0.25) is 0 Å². The number of hydrogen-bond donors (Lipinski definition) is 0. The van der Waals surface area contributed by atoms with Gasteiger partial charge in [0.05, 0.1) is 19.2 Å². The zero-order chi connectivity index (χ0) is 15.1. The van der Waals surface area contributed by atoms with Crippen molar-refractivity contribution in [2.24, 2.45) is 0 Å². The topological polar surface area (TPSA) is 38.8 Å². The van der Waals surface area contributed by atoms with Gasteiger partial charge in [-0.2, -0.15) is 0 Å². The van der Waals surface area contributed by atoms with Gasteiger partial charge in [0.25, 0.3) is 0 Å². The van der Waals surface area contributed by atoms with Crippen molar-refractivity contribution in [3.05, 3.63) is 35.9 Å². The van der Waals surface area contributed by atoms with Crippen molar-refractivity contribution in [3.63, 3.8) is 0 Å². The third kappa shape index (κ3) is 3.21. The Morgan fingerprint density at radius 2 is 1.81 bits per heavy atom. The van der Waals surface area contributed by atoms with Gasteiger partial charge in [-0.15, -0.1) is 0 Å². The summed E-state index contributed by atoms with van der Waals surface area (Å²) in [6.07, 6.45) is 2.35. The molecule has 1 saturated carbocycles. The van der Waals surface area contributed by atoms with Gasteiger partial charge < -0.3 is 14.4 Å². The van der Waals surface area contributed by atoms with E-state index in [0.717, 1.165) is 18.4 Å². The summed E-state index contributed by atoms with van der Waals surface area (Å²) in [7, 11) is 0. The van der Waals surface area contributed by atoms with Gasteiger partial charge in [0.15, 0.2) is 0 Å². The number of nitrogens with zero attached hydrogens (tertiary/aromatic N) is 1. The molecular formula is C17H23NO3. The summed E-state index contributed by atoms with van der Waals surface area (Å²) in [6.45, 7) is 6.80. The molecule has 1 heterocycles. The molecule has 2 fully saturated rings. The molecule has 1 saturated heterocycles. The largest absolute Gasteiger partial charge is 0.444 e. The minimum absolute atomic E-state index is 0.256. The normalized spacial score (nSPS) is 20.8. The lowest BCUT2D eigenvalue weighted by Gasteiger charge is -2.49. The Morgan fingerprint density at radius 1 is 1.19 bits per heavy atom. The summed E-state index contributed by atoms with van der Waals surface area (Å²) in [5.74, 6) is 0. The maximum atomic E-state index is 12.1. The van der Waals surface area contributed by atoms with Gasteiger partial charge >= 0.3 is 6.09 Å². The molecule has 0 aromatic heterocycles. The van der Waals surface area contributed by atoms with E-state index in [2.05, 4.69) is 12.1 Å². The summed E-state index contributed by atoms with van der Waals surface area (Å²) < 4.78 is 11.7. The molecule has 4 heteroatoms. The van der Waals surface area contributed by atoms with Crippen molar-refractivity contribution in [2.45, 2.75) is 50.9 Å². The Labute approximate surface area is 126 Å². The first-order valence-corrected chi connectivity index (χ1v) is 7.59. The predicted molar refractivity (Wildman–Crippen MR) is 80.0 cm³/mol. The number of carbonyl (C=O) groups excluding carboxylic acids is 1. The molecule has 2 aliphatic rings. The Morgan fingerprint density at radius 3 is 2.33 bits per heavy atom. The van der Waals surface area contributed by atoms with Crippen LogP contribution in [0, 0.1) is 0 Å². The van der Waals surface area contributed by atoms with Crippen LogP contribution in [-0.2, 0) is 15.1 Å². The molecule has 0 spiro atoms. The molecule has 0 atom stereocenters. The minimum Gasteiger partial charge on any atom is -0.444 e. The number of hydrogen-bond acceptors (Lipinski definition) is 3. The van der Waals surface area contributed by atoms with Gasteiger partial charge in [-0.25, -0.2) is 4.79 Å². The van der Waals surface area contributed by atoms with Crippen LogP contribution >= 0.6 is 0 Å². The van der Waals surface area contributed by atoms with E-state index >= 15 is 0 Å². The fourth-order valence-electron chi connectivity index (χ4n) is 2.60. The van der Waals surface area contributed by atoms with Gasteiger partial charge in [0, 0.05) is 0 Å². The smallest absolute Gasteiger partial charge is 0.410 e. The number of likely N-dealkylation sites (tertiary alicyclic amines) is 1. The molecular weight excluding hydrogens is 266 g/mol. The molecule has 4 nitrogen and oxygen atoms in total. The second kappa shape index (κ2) is 5.02. The fourth-order valence-corrected chi connectivity index (χ4v) is 2.60. The number of amides is 1. The highest BCUT2D eigenvalue weighted by molar-refractivity contribution is 5.70. The summed E-state index contributed by atoms with van der Waals surface area (Å²) in [5.41, 5.74) is 0.343. The van der Waals surface area contributed by atoms with E-state index in [9.17, 15) is 4.79 Å². The van der Waals surface area contributed by atoms with Crippen molar-refractivity contribution in [1.82, 2.24) is 4.90 Å². The highest BCUT2D eigenvalue weighted by atomic mass is 16.6. The molecule has 1 amide bonds. The van der Waals surface area contributed by atoms with Crippen molar-refractivity contribution < 1.29 is 14.3 Å². The van der Waals surface area contributed by atoms with Crippen LogP contribution < -0.4 is 0 Å². The lowest BCUT2D eigenvalue weighted by molar-refractivity contribution is -0.153. The molecule has 1 aliphatic carbocycles. The van der Waals surface area contributed by atoms with E-state index in [4.69, 9.17) is 9.47 Å². The summed E-state index contributed by atoms with van der Waals surface area (Å²) >= 11 is 0. The van der Waals surface area contributed by atoms with Crippen LogP contribution in [0.4, 0.5) is 4.79 Å². The molecule has 114 valence electrons. The molecule has 0 radical (unpaired) electrons. The first-order chi connectivity index (χ1) is 9.88. The maximum Gasteiger partial charge on any atom is 0.410 e. The maximum absolute atomic E-state index is 12.1. The summed E-state index contributed by atoms with van der Waals surface area (Å²) in [5, 5.41) is 0. The molecule has 0 bridgehead atoms. The van der Waals surface area contributed by atoms with Gasteiger partial charge in [0.2, 0.25) is 0 Å². The molecule has 3 rings (SSSR count). The molecule has 1 aliphatic heterocycles. The Hall–Kier alpha value is -1.55. The van der Waals surface area contributed by atoms with Crippen molar-refractivity contribution in [1.29, 1.82) is 0 Å². The highest BCUT2D eigenvalue weighted by Gasteiger charge is 2.51. The Bertz CT molecular complexity index is 511.